The van der Waals surface area contributed by atoms with Gasteiger partial charge in [-0.1, -0.05) is 52.4 Å². The summed E-state index contributed by atoms with van der Waals surface area (Å²) in [4.78, 5) is 11.5. The highest BCUT2D eigenvalue weighted by Crippen LogP contribution is 2.06. The Morgan fingerprint density at radius 2 is 1.71 bits per heavy atom. The summed E-state index contributed by atoms with van der Waals surface area (Å²) in [5, 5.41) is 2.91. The fourth-order valence-electron chi connectivity index (χ4n) is 1.87. The van der Waals surface area contributed by atoms with Gasteiger partial charge in [0.2, 0.25) is 5.91 Å². The van der Waals surface area contributed by atoms with Crippen LogP contribution in [-0.4, -0.2) is 18.5 Å². The molecule has 3 N–H and O–H groups in total. The highest BCUT2D eigenvalue weighted by Gasteiger charge is 2.04. The topological polar surface area (TPSA) is 55.1 Å². The lowest BCUT2D eigenvalue weighted by molar-refractivity contribution is -0.121. The molecule has 0 spiro atoms. The van der Waals surface area contributed by atoms with Gasteiger partial charge in [-0.2, -0.15) is 0 Å². The molecule has 0 fully saturated rings. The van der Waals surface area contributed by atoms with Gasteiger partial charge in [0.05, 0.1) is 0 Å². The van der Waals surface area contributed by atoms with Crippen LogP contribution in [0, 0.1) is 0 Å². The molecule has 0 aliphatic carbocycles. The van der Waals surface area contributed by atoms with Crippen molar-refractivity contribution < 1.29 is 4.79 Å². The van der Waals surface area contributed by atoms with Gasteiger partial charge in [-0.3, -0.25) is 4.79 Å². The van der Waals surface area contributed by atoms with Gasteiger partial charge < -0.3 is 11.1 Å². The van der Waals surface area contributed by atoms with E-state index >= 15 is 0 Å². The predicted molar refractivity (Wildman–Crippen MR) is 73.9 cm³/mol. The summed E-state index contributed by atoms with van der Waals surface area (Å²) in [5.74, 6) is 0.159. The summed E-state index contributed by atoms with van der Waals surface area (Å²) in [6.45, 7) is 4.95. The lowest BCUT2D eigenvalue weighted by Crippen LogP contribution is -2.36. The summed E-state index contributed by atoms with van der Waals surface area (Å²) in [7, 11) is 0. The Hall–Kier alpha value is -0.570. The first kappa shape index (κ1) is 16.4. The van der Waals surface area contributed by atoms with Gasteiger partial charge in [-0.25, -0.2) is 0 Å². The molecule has 1 atom stereocenters. The number of unbranched alkanes of at least 4 members (excludes halogenated alkanes) is 5. The van der Waals surface area contributed by atoms with Crippen LogP contribution in [0.15, 0.2) is 0 Å². The molecule has 0 aromatic rings. The smallest absolute Gasteiger partial charge is 0.220 e. The summed E-state index contributed by atoms with van der Waals surface area (Å²) in [6.07, 6.45) is 10.1. The maximum absolute atomic E-state index is 11.5. The number of nitrogens with two attached hydrogens (primary N) is 1. The summed E-state index contributed by atoms with van der Waals surface area (Å²) in [5.41, 5.74) is 5.83. The van der Waals surface area contributed by atoms with Gasteiger partial charge in [0.1, 0.15) is 0 Å². The van der Waals surface area contributed by atoms with E-state index in [1.807, 2.05) is 0 Å². The second-order valence-corrected chi connectivity index (χ2v) is 4.87. The molecule has 0 aliphatic rings. The maximum atomic E-state index is 11.5. The molecular weight excluding hydrogens is 212 g/mol. The molecule has 3 heteroatoms. The Kier molecular flexibility index (Phi) is 11.5. The van der Waals surface area contributed by atoms with Gasteiger partial charge >= 0.3 is 0 Å². The second kappa shape index (κ2) is 11.9. The Labute approximate surface area is 107 Å². The van der Waals surface area contributed by atoms with E-state index in [2.05, 4.69) is 19.2 Å². The molecule has 0 aliphatic heterocycles. The minimum atomic E-state index is 0.119. The van der Waals surface area contributed by atoms with Crippen LogP contribution >= 0.6 is 0 Å². The Morgan fingerprint density at radius 1 is 1.06 bits per heavy atom. The molecule has 0 saturated carbocycles. The van der Waals surface area contributed by atoms with Crippen LogP contribution in [-0.2, 0) is 4.79 Å². The van der Waals surface area contributed by atoms with E-state index in [-0.39, 0.29) is 11.9 Å². The SMILES string of the molecule is CCCCCCCCC(=O)NCC(N)CCC. The van der Waals surface area contributed by atoms with Crippen molar-refractivity contribution in [2.45, 2.75) is 77.7 Å². The zero-order valence-corrected chi connectivity index (χ0v) is 11.6. The molecule has 0 saturated heterocycles. The molecule has 1 amide bonds. The Balaban J connectivity index is 3.28. The van der Waals surface area contributed by atoms with E-state index < -0.39 is 0 Å². The van der Waals surface area contributed by atoms with E-state index in [1.165, 1.54) is 32.1 Å². The van der Waals surface area contributed by atoms with Crippen molar-refractivity contribution in [2.75, 3.05) is 6.54 Å². The van der Waals surface area contributed by atoms with Crippen LogP contribution < -0.4 is 11.1 Å². The maximum Gasteiger partial charge on any atom is 0.220 e. The standard InChI is InChI=1S/C14H30N2O/c1-3-5-6-7-8-9-11-14(17)16-12-13(15)10-4-2/h13H,3-12,15H2,1-2H3,(H,16,17). The molecule has 1 unspecified atom stereocenters. The molecule has 0 radical (unpaired) electrons. The highest BCUT2D eigenvalue weighted by atomic mass is 16.1. The number of carbonyl (C=O) groups excluding carboxylic acids is 1. The number of hydrogen-bond acceptors (Lipinski definition) is 2. The summed E-state index contributed by atoms with van der Waals surface area (Å²) < 4.78 is 0. The van der Waals surface area contributed by atoms with E-state index in [4.69, 9.17) is 5.73 Å². The number of hydrogen-bond donors (Lipinski definition) is 2. The first-order valence-electron chi connectivity index (χ1n) is 7.23. The average molecular weight is 242 g/mol. The zero-order valence-electron chi connectivity index (χ0n) is 11.6. The van der Waals surface area contributed by atoms with Gasteiger partial charge in [0.15, 0.2) is 0 Å². The van der Waals surface area contributed by atoms with Crippen molar-refractivity contribution in [3.8, 4) is 0 Å². The van der Waals surface area contributed by atoms with Gasteiger partial charge in [-0.05, 0) is 12.8 Å². The lowest BCUT2D eigenvalue weighted by Gasteiger charge is -2.11. The molecule has 0 aromatic heterocycles. The number of rotatable bonds is 11. The van der Waals surface area contributed by atoms with Crippen molar-refractivity contribution in [2.24, 2.45) is 5.73 Å². The normalized spacial score (nSPS) is 12.4. The molecule has 0 aromatic carbocycles. The van der Waals surface area contributed by atoms with Crippen LogP contribution in [0.2, 0.25) is 0 Å². The molecule has 0 rings (SSSR count). The quantitative estimate of drug-likeness (QED) is 0.547. The third-order valence-corrected chi connectivity index (χ3v) is 2.98. The van der Waals surface area contributed by atoms with Gasteiger partial charge in [0.25, 0.3) is 0 Å². The van der Waals surface area contributed by atoms with Crippen LogP contribution in [0.1, 0.15) is 71.6 Å². The van der Waals surface area contributed by atoms with Crippen LogP contribution in [0.4, 0.5) is 0 Å². The average Bonchev–Trinajstić information content (AvgIpc) is 2.31. The van der Waals surface area contributed by atoms with Crippen molar-refractivity contribution in [1.29, 1.82) is 0 Å². The molecule has 0 bridgehead atoms. The van der Waals surface area contributed by atoms with Gasteiger partial charge in [-0.15, -0.1) is 0 Å². The molecule has 102 valence electrons. The lowest BCUT2D eigenvalue weighted by atomic mass is 10.1. The van der Waals surface area contributed by atoms with Crippen molar-refractivity contribution in [3.05, 3.63) is 0 Å². The summed E-state index contributed by atoms with van der Waals surface area (Å²) in [6, 6.07) is 0.119. The fourth-order valence-corrected chi connectivity index (χ4v) is 1.87. The van der Waals surface area contributed by atoms with Crippen LogP contribution in [0.25, 0.3) is 0 Å². The monoisotopic (exact) mass is 242 g/mol. The Bertz CT molecular complexity index is 183. The minimum absolute atomic E-state index is 0.119. The largest absolute Gasteiger partial charge is 0.355 e. The first-order chi connectivity index (χ1) is 8.20. The number of carbonyl (C=O) groups is 1. The second-order valence-electron chi connectivity index (χ2n) is 4.87. The highest BCUT2D eigenvalue weighted by molar-refractivity contribution is 5.75. The van der Waals surface area contributed by atoms with Crippen LogP contribution in [0.3, 0.4) is 0 Å². The third kappa shape index (κ3) is 11.7. The zero-order chi connectivity index (χ0) is 12.9. The molecule has 17 heavy (non-hydrogen) atoms. The molecular formula is C14H30N2O. The number of nitrogens with one attached hydrogen (secondary N) is 1. The summed E-state index contributed by atoms with van der Waals surface area (Å²) >= 11 is 0. The van der Waals surface area contributed by atoms with Crippen LogP contribution in [0.5, 0.6) is 0 Å². The molecule has 3 nitrogen and oxygen atoms in total. The van der Waals surface area contributed by atoms with E-state index in [9.17, 15) is 4.79 Å². The molecule has 0 heterocycles. The predicted octanol–water partition coefficient (Wildman–Crippen LogP) is 2.98. The van der Waals surface area contributed by atoms with E-state index in [0.29, 0.717) is 13.0 Å². The fraction of sp³-hybridized carbons (Fsp3) is 0.929. The first-order valence-corrected chi connectivity index (χ1v) is 7.23. The minimum Gasteiger partial charge on any atom is -0.355 e. The van der Waals surface area contributed by atoms with E-state index in [1.54, 1.807) is 0 Å². The Morgan fingerprint density at radius 3 is 2.35 bits per heavy atom. The van der Waals surface area contributed by atoms with Gasteiger partial charge in [0, 0.05) is 19.0 Å². The van der Waals surface area contributed by atoms with Crippen molar-refractivity contribution in [3.63, 3.8) is 0 Å². The number of amides is 1. The van der Waals surface area contributed by atoms with Crippen molar-refractivity contribution >= 4 is 5.91 Å². The van der Waals surface area contributed by atoms with E-state index in [0.717, 1.165) is 19.3 Å². The van der Waals surface area contributed by atoms with Crippen molar-refractivity contribution in [1.82, 2.24) is 5.32 Å². The third-order valence-electron chi connectivity index (χ3n) is 2.98.